The van der Waals surface area contributed by atoms with Crippen molar-refractivity contribution in [2.24, 2.45) is 0 Å². The van der Waals surface area contributed by atoms with Crippen LogP contribution < -0.4 is 5.32 Å². The first kappa shape index (κ1) is 14.5. The largest absolute Gasteiger partial charge is 0.378 e. The quantitative estimate of drug-likeness (QED) is 0.659. The summed E-state index contributed by atoms with van der Waals surface area (Å²) in [5, 5.41) is 4.55. The Morgan fingerprint density at radius 1 is 1.14 bits per heavy atom. The van der Waals surface area contributed by atoms with Crippen molar-refractivity contribution < 1.29 is 0 Å². The number of hydrogen-bond acceptors (Lipinski definition) is 3. The Morgan fingerprint density at radius 2 is 2.00 bits per heavy atom. The summed E-state index contributed by atoms with van der Waals surface area (Å²) in [7, 11) is 0. The van der Waals surface area contributed by atoms with Crippen LogP contribution in [0.4, 0.5) is 5.69 Å². The molecule has 0 bridgehead atoms. The van der Waals surface area contributed by atoms with Gasteiger partial charge in [-0.3, -0.25) is 9.97 Å². The molecule has 0 aliphatic carbocycles. The molecule has 0 saturated carbocycles. The van der Waals surface area contributed by atoms with Crippen LogP contribution in [-0.4, -0.2) is 9.97 Å². The number of aromatic nitrogens is 2. The highest BCUT2D eigenvalue weighted by molar-refractivity contribution is 9.11. The van der Waals surface area contributed by atoms with Gasteiger partial charge in [0.05, 0.1) is 23.4 Å². The number of pyridine rings is 2. The summed E-state index contributed by atoms with van der Waals surface area (Å²) in [6.45, 7) is 2.64. The van der Waals surface area contributed by atoms with E-state index in [-0.39, 0.29) is 0 Å². The molecule has 2 aromatic heterocycles. The molecule has 1 aromatic carbocycles. The number of para-hydroxylation sites is 1. The van der Waals surface area contributed by atoms with Gasteiger partial charge in [0.1, 0.15) is 0 Å². The Balaban J connectivity index is 1.90. The fourth-order valence-corrected chi connectivity index (χ4v) is 3.27. The molecule has 0 aliphatic heterocycles. The van der Waals surface area contributed by atoms with Crippen molar-refractivity contribution in [2.75, 3.05) is 5.32 Å². The van der Waals surface area contributed by atoms with Gasteiger partial charge in [-0.2, -0.15) is 0 Å². The number of fused-ring (bicyclic) bond motifs is 1. The van der Waals surface area contributed by atoms with Crippen LogP contribution in [0.3, 0.4) is 0 Å². The lowest BCUT2D eigenvalue weighted by Crippen LogP contribution is -2.03. The van der Waals surface area contributed by atoms with Crippen LogP contribution in [0.5, 0.6) is 0 Å². The molecule has 1 N–H and O–H groups in total. The summed E-state index contributed by atoms with van der Waals surface area (Å²) in [6.07, 6.45) is 1.80. The van der Waals surface area contributed by atoms with E-state index < -0.39 is 0 Å². The predicted molar refractivity (Wildman–Crippen MR) is 93.4 cm³/mol. The number of nitrogens with zero attached hydrogens (tertiary/aromatic N) is 2. The normalized spacial score (nSPS) is 10.8. The maximum atomic E-state index is 4.62. The first-order valence-electron chi connectivity index (χ1n) is 6.53. The molecular formula is C16H13Br2N3. The van der Waals surface area contributed by atoms with Gasteiger partial charge < -0.3 is 5.32 Å². The van der Waals surface area contributed by atoms with Crippen molar-refractivity contribution in [1.29, 1.82) is 0 Å². The van der Waals surface area contributed by atoms with E-state index >= 15 is 0 Å². The Morgan fingerprint density at radius 3 is 2.81 bits per heavy atom. The van der Waals surface area contributed by atoms with Gasteiger partial charge >= 0.3 is 0 Å². The van der Waals surface area contributed by atoms with E-state index in [0.29, 0.717) is 6.54 Å². The summed E-state index contributed by atoms with van der Waals surface area (Å²) in [5.74, 6) is 0. The van der Waals surface area contributed by atoms with Crippen LogP contribution >= 0.6 is 31.9 Å². The highest BCUT2D eigenvalue weighted by Crippen LogP contribution is 2.24. The fraction of sp³-hybridized carbons (Fsp3) is 0.125. The van der Waals surface area contributed by atoms with Crippen molar-refractivity contribution in [3.8, 4) is 0 Å². The summed E-state index contributed by atoms with van der Waals surface area (Å²) < 4.78 is 1.94. The summed E-state index contributed by atoms with van der Waals surface area (Å²) in [5.41, 5.74) is 3.99. The molecule has 2 heterocycles. The predicted octanol–water partition coefficient (Wildman–Crippen LogP) is 5.08. The SMILES string of the molecule is Cc1ccc2cccc(NCc3ncc(Br)cc3Br)c2n1. The van der Waals surface area contributed by atoms with E-state index in [1.807, 2.05) is 31.2 Å². The van der Waals surface area contributed by atoms with E-state index in [4.69, 9.17) is 0 Å². The average Bonchev–Trinajstić information content (AvgIpc) is 2.46. The van der Waals surface area contributed by atoms with E-state index in [9.17, 15) is 0 Å². The third-order valence-electron chi connectivity index (χ3n) is 3.19. The molecule has 0 radical (unpaired) electrons. The molecule has 0 unspecified atom stereocenters. The molecule has 0 spiro atoms. The van der Waals surface area contributed by atoms with Crippen molar-refractivity contribution in [3.05, 3.63) is 62.9 Å². The maximum Gasteiger partial charge on any atom is 0.0936 e. The van der Waals surface area contributed by atoms with Crippen molar-refractivity contribution in [1.82, 2.24) is 9.97 Å². The Labute approximate surface area is 140 Å². The maximum absolute atomic E-state index is 4.62. The minimum atomic E-state index is 0.641. The molecule has 0 fully saturated rings. The summed E-state index contributed by atoms with van der Waals surface area (Å²) in [6, 6.07) is 12.3. The molecule has 3 rings (SSSR count). The zero-order chi connectivity index (χ0) is 14.8. The molecule has 106 valence electrons. The third-order valence-corrected chi connectivity index (χ3v) is 4.31. The van der Waals surface area contributed by atoms with Crippen LogP contribution in [-0.2, 0) is 6.54 Å². The van der Waals surface area contributed by atoms with Crippen LogP contribution in [0.25, 0.3) is 10.9 Å². The standard InChI is InChI=1S/C16H13Br2N3/c1-10-5-6-11-3-2-4-14(16(11)21-10)20-9-15-13(18)7-12(17)8-19-15/h2-8,20H,9H2,1H3. The molecular weight excluding hydrogens is 394 g/mol. The summed E-state index contributed by atoms with van der Waals surface area (Å²) >= 11 is 6.94. The van der Waals surface area contributed by atoms with Gasteiger partial charge in [-0.15, -0.1) is 0 Å². The van der Waals surface area contributed by atoms with Gasteiger partial charge in [0.15, 0.2) is 0 Å². The molecule has 21 heavy (non-hydrogen) atoms. The van der Waals surface area contributed by atoms with Gasteiger partial charge in [0, 0.05) is 26.2 Å². The van der Waals surface area contributed by atoms with Gasteiger partial charge in [0.2, 0.25) is 0 Å². The monoisotopic (exact) mass is 405 g/mol. The number of anilines is 1. The minimum Gasteiger partial charge on any atom is -0.378 e. The van der Waals surface area contributed by atoms with Crippen LogP contribution in [0.2, 0.25) is 0 Å². The van der Waals surface area contributed by atoms with Gasteiger partial charge in [-0.05, 0) is 57.0 Å². The zero-order valence-corrected chi connectivity index (χ0v) is 14.6. The molecule has 3 nitrogen and oxygen atoms in total. The number of halogens is 2. The van der Waals surface area contributed by atoms with Gasteiger partial charge in [-0.25, -0.2) is 0 Å². The first-order chi connectivity index (χ1) is 10.1. The second kappa shape index (κ2) is 6.12. The highest BCUT2D eigenvalue weighted by atomic mass is 79.9. The van der Waals surface area contributed by atoms with E-state index in [0.717, 1.165) is 36.9 Å². The second-order valence-corrected chi connectivity index (χ2v) is 6.54. The van der Waals surface area contributed by atoms with E-state index in [1.54, 1.807) is 6.20 Å². The van der Waals surface area contributed by atoms with E-state index in [1.165, 1.54) is 0 Å². The lowest BCUT2D eigenvalue weighted by Gasteiger charge is -2.10. The second-order valence-electron chi connectivity index (χ2n) is 4.77. The van der Waals surface area contributed by atoms with Crippen LogP contribution in [0.1, 0.15) is 11.4 Å². The molecule has 3 aromatic rings. The van der Waals surface area contributed by atoms with Crippen LogP contribution in [0, 0.1) is 6.92 Å². The number of rotatable bonds is 3. The van der Waals surface area contributed by atoms with Crippen molar-refractivity contribution >= 4 is 48.5 Å². The molecule has 0 aliphatic rings. The van der Waals surface area contributed by atoms with Crippen molar-refractivity contribution in [3.63, 3.8) is 0 Å². The number of benzene rings is 1. The lowest BCUT2D eigenvalue weighted by atomic mass is 10.1. The Hall–Kier alpha value is -1.46. The molecule has 0 atom stereocenters. The summed E-state index contributed by atoms with van der Waals surface area (Å²) in [4.78, 5) is 9.04. The number of hydrogen-bond donors (Lipinski definition) is 1. The Bertz CT molecular complexity index is 803. The number of aryl methyl sites for hydroxylation is 1. The highest BCUT2D eigenvalue weighted by Gasteiger charge is 2.05. The van der Waals surface area contributed by atoms with Crippen LogP contribution in [0.15, 0.2) is 51.5 Å². The van der Waals surface area contributed by atoms with Gasteiger partial charge in [-0.1, -0.05) is 18.2 Å². The molecule has 0 saturated heterocycles. The van der Waals surface area contributed by atoms with Crippen molar-refractivity contribution in [2.45, 2.75) is 13.5 Å². The third kappa shape index (κ3) is 3.24. The molecule has 5 heteroatoms. The minimum absolute atomic E-state index is 0.641. The number of nitrogens with one attached hydrogen (secondary N) is 1. The molecule has 0 amide bonds. The van der Waals surface area contributed by atoms with Gasteiger partial charge in [0.25, 0.3) is 0 Å². The smallest absolute Gasteiger partial charge is 0.0936 e. The average molecular weight is 407 g/mol. The zero-order valence-electron chi connectivity index (χ0n) is 11.4. The lowest BCUT2D eigenvalue weighted by molar-refractivity contribution is 1.03. The fourth-order valence-electron chi connectivity index (χ4n) is 2.14. The first-order valence-corrected chi connectivity index (χ1v) is 8.12. The topological polar surface area (TPSA) is 37.8 Å². The van der Waals surface area contributed by atoms with E-state index in [2.05, 4.69) is 59.3 Å². The Kier molecular flexibility index (Phi) is 4.22.